The summed E-state index contributed by atoms with van der Waals surface area (Å²) in [5.74, 6) is -0.245. The van der Waals surface area contributed by atoms with Gasteiger partial charge in [-0.2, -0.15) is 8.42 Å². The van der Waals surface area contributed by atoms with Crippen LogP contribution < -0.4 is 29.6 Å². The van der Waals surface area contributed by atoms with Crippen molar-refractivity contribution < 1.29 is 58.0 Å². The maximum atomic E-state index is 9.59. The Morgan fingerprint density at radius 1 is 1.45 bits per heavy atom. The van der Waals surface area contributed by atoms with Crippen molar-refractivity contribution in [1.82, 2.24) is 0 Å². The predicted octanol–water partition coefficient (Wildman–Crippen LogP) is -3.36. The standard InChI is InChI=1S/C3H6O2.Na.H2O4S.H/c1-3(4)5-2;;1-5(2,3)4;/h1-2H3;;(H2,1,2,3,4);/q;+1;;-1. The number of carbonyl (C=O) groups excluding carboxylic acids is 1. The molecule has 6 nitrogen and oxygen atoms in total. The molecule has 0 rings (SSSR count). The predicted molar refractivity (Wildman–Crippen MR) is 33.0 cm³/mol. The van der Waals surface area contributed by atoms with E-state index in [0.717, 1.165) is 0 Å². The first-order valence-corrected chi connectivity index (χ1v) is 3.41. The second-order valence-electron chi connectivity index (χ2n) is 1.14. The van der Waals surface area contributed by atoms with Crippen LogP contribution in [0, 0.1) is 0 Å². The molecule has 0 aromatic heterocycles. The molecule has 0 heterocycles. The van der Waals surface area contributed by atoms with E-state index in [1.807, 2.05) is 0 Å². The summed E-state index contributed by atoms with van der Waals surface area (Å²) in [6, 6.07) is 0. The van der Waals surface area contributed by atoms with Gasteiger partial charge >= 0.3 is 45.9 Å². The molecule has 0 unspecified atom stereocenters. The Bertz CT molecular complexity index is 181. The molecule has 0 aliphatic rings. The van der Waals surface area contributed by atoms with Gasteiger partial charge in [0.25, 0.3) is 0 Å². The average molecular weight is 196 g/mol. The van der Waals surface area contributed by atoms with Gasteiger partial charge in [-0.3, -0.25) is 13.9 Å². The van der Waals surface area contributed by atoms with Crippen LogP contribution in [-0.4, -0.2) is 30.6 Å². The maximum Gasteiger partial charge on any atom is 1.00 e. The summed E-state index contributed by atoms with van der Waals surface area (Å²) in [5.41, 5.74) is 0. The Morgan fingerprint density at radius 3 is 1.55 bits per heavy atom. The van der Waals surface area contributed by atoms with Gasteiger partial charge < -0.3 is 6.16 Å². The molecule has 0 radical (unpaired) electrons. The summed E-state index contributed by atoms with van der Waals surface area (Å²) in [6.07, 6.45) is 0. The molecular formula is C3H9NaO6S. The van der Waals surface area contributed by atoms with Gasteiger partial charge in [0.15, 0.2) is 0 Å². The summed E-state index contributed by atoms with van der Waals surface area (Å²) in [7, 11) is -3.32. The van der Waals surface area contributed by atoms with Crippen molar-refractivity contribution in [3.05, 3.63) is 0 Å². The third kappa shape index (κ3) is 131. The zero-order valence-electron chi connectivity index (χ0n) is 7.44. The summed E-state index contributed by atoms with van der Waals surface area (Å²) < 4.78 is 35.7. The molecule has 0 aliphatic heterocycles. The minimum absolute atomic E-state index is 0. The van der Waals surface area contributed by atoms with Crippen molar-refractivity contribution in [2.75, 3.05) is 7.11 Å². The third-order valence-electron chi connectivity index (χ3n) is 0.287. The van der Waals surface area contributed by atoms with Crippen molar-refractivity contribution in [1.29, 1.82) is 0 Å². The average Bonchev–Trinajstić information content (AvgIpc) is 1.61. The molecule has 0 fully saturated rings. The molecule has 0 aliphatic carbocycles. The van der Waals surface area contributed by atoms with Crippen LogP contribution in [0.1, 0.15) is 8.35 Å². The summed E-state index contributed by atoms with van der Waals surface area (Å²) >= 11 is 0. The zero-order chi connectivity index (χ0) is 8.78. The fraction of sp³-hybridized carbons (Fsp3) is 0.667. The largest absolute Gasteiger partial charge is 1.00 e. The molecule has 0 saturated carbocycles. The third-order valence-corrected chi connectivity index (χ3v) is 0.287. The topological polar surface area (TPSA) is 101 Å². The molecule has 0 atom stereocenters. The van der Waals surface area contributed by atoms with Crippen molar-refractivity contribution in [2.24, 2.45) is 0 Å². The Labute approximate surface area is 88.3 Å². The number of ether oxygens (including phenoxy) is 1. The summed E-state index contributed by atoms with van der Waals surface area (Å²) in [5, 5.41) is 0. The second-order valence-corrected chi connectivity index (χ2v) is 2.04. The van der Waals surface area contributed by atoms with E-state index in [1.54, 1.807) is 0 Å². The van der Waals surface area contributed by atoms with E-state index in [0.29, 0.717) is 0 Å². The Kier molecular flexibility index (Phi) is 13.4. The molecule has 64 valence electrons. The van der Waals surface area contributed by atoms with Crippen molar-refractivity contribution in [2.45, 2.75) is 6.92 Å². The fourth-order valence-corrected chi connectivity index (χ4v) is 0. The molecule has 0 amide bonds. The minimum Gasteiger partial charge on any atom is -1.00 e. The van der Waals surface area contributed by atoms with Crippen molar-refractivity contribution in [3.8, 4) is 0 Å². The molecule has 0 aromatic rings. The van der Waals surface area contributed by atoms with Gasteiger partial charge in [0, 0.05) is 6.92 Å². The molecule has 11 heavy (non-hydrogen) atoms. The molecule has 0 spiro atoms. The van der Waals surface area contributed by atoms with Gasteiger partial charge in [0.05, 0.1) is 7.11 Å². The van der Waals surface area contributed by atoms with Gasteiger partial charge in [-0.25, -0.2) is 0 Å². The first-order chi connectivity index (χ1) is 4.27. The number of methoxy groups -OCH3 is 1. The van der Waals surface area contributed by atoms with E-state index in [-0.39, 0.29) is 37.0 Å². The van der Waals surface area contributed by atoms with Gasteiger partial charge in [0.1, 0.15) is 0 Å². The van der Waals surface area contributed by atoms with Gasteiger partial charge in [-0.1, -0.05) is 0 Å². The van der Waals surface area contributed by atoms with E-state index < -0.39 is 10.4 Å². The molecule has 0 aromatic carbocycles. The number of esters is 1. The Morgan fingerprint density at radius 2 is 1.55 bits per heavy atom. The van der Waals surface area contributed by atoms with E-state index in [1.165, 1.54) is 14.0 Å². The Balaban J connectivity index is -0.0000000457. The van der Waals surface area contributed by atoms with Crippen LogP contribution in [0.3, 0.4) is 0 Å². The smallest absolute Gasteiger partial charge is 1.00 e. The molecule has 2 N–H and O–H groups in total. The van der Waals surface area contributed by atoms with Crippen LogP contribution in [0.4, 0.5) is 0 Å². The summed E-state index contributed by atoms with van der Waals surface area (Å²) in [6.45, 7) is 1.36. The number of carbonyl (C=O) groups is 1. The molecule has 0 bridgehead atoms. The molecular weight excluding hydrogens is 187 g/mol. The van der Waals surface area contributed by atoms with E-state index in [4.69, 9.17) is 17.5 Å². The van der Waals surface area contributed by atoms with E-state index >= 15 is 0 Å². The van der Waals surface area contributed by atoms with Gasteiger partial charge in [-0.05, 0) is 0 Å². The minimum atomic E-state index is -4.67. The SMILES string of the molecule is COC(C)=O.O=S(=O)(O)O.[H-].[Na+]. The number of hydrogen-bond donors (Lipinski definition) is 2. The maximum absolute atomic E-state index is 9.59. The fourth-order valence-electron chi connectivity index (χ4n) is 0. The van der Waals surface area contributed by atoms with Crippen LogP contribution in [0.25, 0.3) is 0 Å². The quantitative estimate of drug-likeness (QED) is 0.238. The summed E-state index contributed by atoms with van der Waals surface area (Å²) in [4.78, 5) is 9.59. The molecule has 8 heteroatoms. The first-order valence-electron chi connectivity index (χ1n) is 2.01. The molecule has 0 saturated heterocycles. The monoisotopic (exact) mass is 196 g/mol. The van der Waals surface area contributed by atoms with E-state index in [9.17, 15) is 4.79 Å². The van der Waals surface area contributed by atoms with Crippen LogP contribution in [0.2, 0.25) is 0 Å². The number of hydrogen-bond acceptors (Lipinski definition) is 4. The first kappa shape index (κ1) is 17.4. The van der Waals surface area contributed by atoms with Crippen molar-refractivity contribution >= 4 is 16.4 Å². The van der Waals surface area contributed by atoms with Crippen LogP contribution in [0.5, 0.6) is 0 Å². The second kappa shape index (κ2) is 8.44. The van der Waals surface area contributed by atoms with Gasteiger partial charge in [0.2, 0.25) is 0 Å². The van der Waals surface area contributed by atoms with Crippen molar-refractivity contribution in [3.63, 3.8) is 0 Å². The van der Waals surface area contributed by atoms with Gasteiger partial charge in [-0.15, -0.1) is 0 Å². The van der Waals surface area contributed by atoms with Crippen LogP contribution >= 0.6 is 0 Å². The normalized spacial score (nSPS) is 8.36. The van der Waals surface area contributed by atoms with Crippen LogP contribution in [0.15, 0.2) is 0 Å². The number of rotatable bonds is 0. The Hall–Kier alpha value is 0.340. The van der Waals surface area contributed by atoms with E-state index in [2.05, 4.69) is 4.74 Å². The van der Waals surface area contributed by atoms with Crippen LogP contribution in [-0.2, 0) is 19.9 Å². The zero-order valence-corrected chi connectivity index (χ0v) is 9.25.